The largest absolute Gasteiger partial charge is 0.455 e. The molecule has 0 saturated carbocycles. The van der Waals surface area contributed by atoms with Crippen LogP contribution in [0.3, 0.4) is 0 Å². The fourth-order valence-electron chi connectivity index (χ4n) is 3.21. The monoisotopic (exact) mass is 455 g/mol. The van der Waals surface area contributed by atoms with E-state index in [4.69, 9.17) is 0 Å². The molecule has 4 rings (SSSR count). The van der Waals surface area contributed by atoms with Crippen LogP contribution in [0.1, 0.15) is 25.6 Å². The summed E-state index contributed by atoms with van der Waals surface area (Å²) in [6, 6.07) is 14.8. The van der Waals surface area contributed by atoms with Gasteiger partial charge in [0.25, 0.3) is 11.7 Å². The number of hydrogen-bond acceptors (Lipinski definition) is 5. The van der Waals surface area contributed by atoms with Crippen molar-refractivity contribution in [2.45, 2.75) is 12.7 Å². The molecule has 162 valence electrons. The molecule has 0 saturated heterocycles. The summed E-state index contributed by atoms with van der Waals surface area (Å²) in [6.07, 6.45) is -1.68. The van der Waals surface area contributed by atoms with Crippen molar-refractivity contribution in [3.05, 3.63) is 83.0 Å². The first-order valence-corrected chi connectivity index (χ1v) is 10.3. The molecule has 0 aliphatic carbocycles. The second kappa shape index (κ2) is 8.51. The molecule has 0 atom stereocenters. The van der Waals surface area contributed by atoms with E-state index in [0.717, 1.165) is 34.0 Å². The standard InChI is InChI=1S/C23H16F3N3O2S/c1-29(13-14-2-7-17-18(12-14)28-11-10-27-17)22(31)16-5-3-15(4-6-16)19-8-9-20(32-19)21(30)23(24,25)26/h2-12H,13H2,1H3. The van der Waals surface area contributed by atoms with Gasteiger partial charge in [0.1, 0.15) is 0 Å². The number of Topliss-reactive ketones (excluding diaryl/α,β-unsaturated/α-hetero) is 1. The molecular weight excluding hydrogens is 439 g/mol. The molecule has 0 bridgehead atoms. The minimum absolute atomic E-state index is 0.199. The van der Waals surface area contributed by atoms with Gasteiger partial charge in [0.15, 0.2) is 0 Å². The molecule has 0 spiro atoms. The smallest absolute Gasteiger partial charge is 0.337 e. The van der Waals surface area contributed by atoms with Gasteiger partial charge in [-0.2, -0.15) is 13.2 Å². The lowest BCUT2D eigenvalue weighted by Crippen LogP contribution is -2.26. The summed E-state index contributed by atoms with van der Waals surface area (Å²) in [5.41, 5.74) is 3.50. The van der Waals surface area contributed by atoms with Crippen LogP contribution in [-0.4, -0.2) is 39.8 Å². The van der Waals surface area contributed by atoms with Crippen molar-refractivity contribution in [2.24, 2.45) is 0 Å². The predicted molar refractivity (Wildman–Crippen MR) is 115 cm³/mol. The average molecular weight is 455 g/mol. The maximum absolute atomic E-state index is 12.8. The summed E-state index contributed by atoms with van der Waals surface area (Å²) in [6.45, 7) is 0.376. The summed E-state index contributed by atoms with van der Waals surface area (Å²) < 4.78 is 37.8. The number of rotatable bonds is 5. The molecule has 2 aromatic carbocycles. The third-order valence-electron chi connectivity index (χ3n) is 4.80. The number of carbonyl (C=O) groups excluding carboxylic acids is 2. The Kier molecular flexibility index (Phi) is 5.75. The van der Waals surface area contributed by atoms with Gasteiger partial charge in [-0.05, 0) is 47.5 Å². The van der Waals surface area contributed by atoms with E-state index in [0.29, 0.717) is 22.5 Å². The zero-order valence-corrected chi connectivity index (χ0v) is 17.6. The zero-order chi connectivity index (χ0) is 22.9. The number of thiophene rings is 1. The summed E-state index contributed by atoms with van der Waals surface area (Å²) in [4.78, 5) is 34.4. The molecule has 2 aromatic heterocycles. The van der Waals surface area contributed by atoms with Gasteiger partial charge in [0, 0.05) is 36.4 Å². The first-order valence-electron chi connectivity index (χ1n) is 9.49. The Hall–Kier alpha value is -3.59. The number of alkyl halides is 3. The van der Waals surface area contributed by atoms with Crippen LogP contribution in [0.25, 0.3) is 21.5 Å². The van der Waals surface area contributed by atoms with Gasteiger partial charge in [0.2, 0.25) is 0 Å². The number of benzene rings is 2. The van der Waals surface area contributed by atoms with E-state index in [-0.39, 0.29) is 10.8 Å². The number of halogens is 3. The zero-order valence-electron chi connectivity index (χ0n) is 16.8. The SMILES string of the molecule is CN(Cc1ccc2nccnc2c1)C(=O)c1ccc(-c2ccc(C(=O)C(F)(F)F)s2)cc1. The molecule has 0 unspecified atom stereocenters. The van der Waals surface area contributed by atoms with Gasteiger partial charge in [0.05, 0.1) is 15.9 Å². The molecule has 0 aliphatic heterocycles. The first kappa shape index (κ1) is 21.6. The fraction of sp³-hybridized carbons (Fsp3) is 0.130. The van der Waals surface area contributed by atoms with E-state index in [1.165, 1.54) is 6.07 Å². The van der Waals surface area contributed by atoms with Gasteiger partial charge in [-0.25, -0.2) is 0 Å². The molecule has 0 N–H and O–H groups in total. The van der Waals surface area contributed by atoms with Crippen LogP contribution in [0.15, 0.2) is 67.0 Å². The maximum atomic E-state index is 12.8. The van der Waals surface area contributed by atoms with Crippen molar-refractivity contribution in [1.29, 1.82) is 0 Å². The molecular formula is C23H16F3N3O2S. The molecule has 32 heavy (non-hydrogen) atoms. The van der Waals surface area contributed by atoms with Crippen LogP contribution in [0, 0.1) is 0 Å². The summed E-state index contributed by atoms with van der Waals surface area (Å²) in [5, 5.41) is 0. The van der Waals surface area contributed by atoms with E-state index < -0.39 is 12.0 Å². The highest BCUT2D eigenvalue weighted by Gasteiger charge is 2.40. The molecule has 0 fully saturated rings. The number of hydrogen-bond donors (Lipinski definition) is 0. The quantitative estimate of drug-likeness (QED) is 0.379. The van der Waals surface area contributed by atoms with Crippen LogP contribution in [0.2, 0.25) is 0 Å². The Morgan fingerprint density at radius 3 is 2.31 bits per heavy atom. The van der Waals surface area contributed by atoms with E-state index in [1.807, 2.05) is 18.2 Å². The Morgan fingerprint density at radius 2 is 1.62 bits per heavy atom. The molecule has 2 heterocycles. The minimum Gasteiger partial charge on any atom is -0.337 e. The van der Waals surface area contributed by atoms with Crippen molar-refractivity contribution in [3.8, 4) is 10.4 Å². The maximum Gasteiger partial charge on any atom is 0.455 e. The van der Waals surface area contributed by atoms with Crippen LogP contribution in [0.4, 0.5) is 13.2 Å². The molecule has 4 aromatic rings. The van der Waals surface area contributed by atoms with Gasteiger partial charge in [-0.15, -0.1) is 11.3 Å². The lowest BCUT2D eigenvalue weighted by atomic mass is 10.1. The summed E-state index contributed by atoms with van der Waals surface area (Å²) in [5.74, 6) is -2.06. The van der Waals surface area contributed by atoms with Gasteiger partial charge in [-0.3, -0.25) is 19.6 Å². The predicted octanol–water partition coefficient (Wildman–Crippen LogP) is 5.38. The number of carbonyl (C=O) groups is 2. The average Bonchev–Trinajstić information content (AvgIpc) is 3.27. The van der Waals surface area contributed by atoms with Crippen molar-refractivity contribution >= 4 is 34.1 Å². The van der Waals surface area contributed by atoms with Crippen LogP contribution < -0.4 is 0 Å². The van der Waals surface area contributed by atoms with Crippen molar-refractivity contribution in [2.75, 3.05) is 7.05 Å². The lowest BCUT2D eigenvalue weighted by molar-refractivity contribution is -0.0882. The van der Waals surface area contributed by atoms with Gasteiger partial charge >= 0.3 is 6.18 Å². The number of ketones is 1. The third kappa shape index (κ3) is 4.52. The topological polar surface area (TPSA) is 63.2 Å². The molecule has 5 nitrogen and oxygen atoms in total. The molecule has 9 heteroatoms. The van der Waals surface area contributed by atoms with Crippen LogP contribution in [-0.2, 0) is 6.54 Å². The Balaban J connectivity index is 1.46. The molecule has 1 amide bonds. The highest BCUT2D eigenvalue weighted by atomic mass is 32.1. The summed E-state index contributed by atoms with van der Waals surface area (Å²) in [7, 11) is 1.69. The second-order valence-corrected chi connectivity index (χ2v) is 8.19. The third-order valence-corrected chi connectivity index (χ3v) is 5.94. The van der Waals surface area contributed by atoms with Crippen molar-refractivity contribution < 1.29 is 22.8 Å². The Labute approximate surface area is 185 Å². The Bertz CT molecular complexity index is 1300. The molecule has 0 aliphatic rings. The van der Waals surface area contributed by atoms with Crippen molar-refractivity contribution in [1.82, 2.24) is 14.9 Å². The van der Waals surface area contributed by atoms with Gasteiger partial charge in [-0.1, -0.05) is 18.2 Å². The minimum atomic E-state index is -4.90. The van der Waals surface area contributed by atoms with E-state index >= 15 is 0 Å². The summed E-state index contributed by atoms with van der Waals surface area (Å²) >= 11 is 0.768. The van der Waals surface area contributed by atoms with Gasteiger partial charge < -0.3 is 4.90 Å². The van der Waals surface area contributed by atoms with Crippen LogP contribution >= 0.6 is 11.3 Å². The Morgan fingerprint density at radius 1 is 0.938 bits per heavy atom. The van der Waals surface area contributed by atoms with Crippen LogP contribution in [0.5, 0.6) is 0 Å². The highest BCUT2D eigenvalue weighted by molar-refractivity contribution is 7.17. The van der Waals surface area contributed by atoms with Crippen molar-refractivity contribution in [3.63, 3.8) is 0 Å². The fourth-order valence-corrected chi connectivity index (χ4v) is 4.18. The molecule has 0 radical (unpaired) electrons. The van der Waals surface area contributed by atoms with E-state index in [2.05, 4.69) is 9.97 Å². The van der Waals surface area contributed by atoms with E-state index in [9.17, 15) is 22.8 Å². The normalized spacial score (nSPS) is 11.5. The highest BCUT2D eigenvalue weighted by Crippen LogP contribution is 2.32. The van der Waals surface area contributed by atoms with E-state index in [1.54, 1.807) is 48.6 Å². The number of aromatic nitrogens is 2. The number of amides is 1. The number of fused-ring (bicyclic) bond motifs is 1. The second-order valence-electron chi connectivity index (χ2n) is 7.11. The number of nitrogens with zero attached hydrogens (tertiary/aromatic N) is 3. The first-order chi connectivity index (χ1) is 15.2. The lowest BCUT2D eigenvalue weighted by Gasteiger charge is -2.17.